The van der Waals surface area contributed by atoms with Crippen LogP contribution in [0, 0.1) is 0 Å². The van der Waals surface area contributed by atoms with Gasteiger partial charge in [0.05, 0.1) is 0 Å². The molecule has 0 radical (unpaired) electrons. The van der Waals surface area contributed by atoms with E-state index in [0.717, 1.165) is 23.4 Å². The first-order valence-electron chi connectivity index (χ1n) is 6.49. The molecule has 7 heteroatoms. The average Bonchev–Trinajstić information content (AvgIpc) is 2.93. The van der Waals surface area contributed by atoms with E-state index >= 15 is 0 Å². The predicted molar refractivity (Wildman–Crippen MR) is 87.4 cm³/mol. The van der Waals surface area contributed by atoms with Crippen LogP contribution in [0.2, 0.25) is 5.02 Å². The molecule has 0 spiro atoms. The Morgan fingerprint density at radius 1 is 1.24 bits per heavy atom. The zero-order valence-electron chi connectivity index (χ0n) is 11.6. The van der Waals surface area contributed by atoms with E-state index in [1.54, 1.807) is 24.3 Å². The van der Waals surface area contributed by atoms with Crippen molar-refractivity contribution in [1.82, 2.24) is 10.0 Å². The number of hydrogen-bond acceptors (Lipinski definition) is 4. The lowest BCUT2D eigenvalue weighted by Gasteiger charge is -2.05. The molecular formula is C14H17ClN2O2S2. The highest BCUT2D eigenvalue weighted by Gasteiger charge is 2.16. The van der Waals surface area contributed by atoms with Crippen molar-refractivity contribution in [3.63, 3.8) is 0 Å². The topological polar surface area (TPSA) is 58.2 Å². The number of rotatable bonds is 7. The molecule has 0 fully saturated rings. The van der Waals surface area contributed by atoms with E-state index in [1.165, 1.54) is 11.3 Å². The van der Waals surface area contributed by atoms with Gasteiger partial charge < -0.3 is 5.32 Å². The summed E-state index contributed by atoms with van der Waals surface area (Å²) in [6, 6.07) is 10.6. The molecule has 4 nitrogen and oxygen atoms in total. The molecule has 0 aliphatic carbocycles. The minimum absolute atomic E-state index is 0.229. The molecule has 1 aromatic carbocycles. The van der Waals surface area contributed by atoms with Gasteiger partial charge in [-0.25, -0.2) is 13.1 Å². The Kier molecular flexibility index (Phi) is 5.78. The molecule has 0 bridgehead atoms. The Labute approximate surface area is 134 Å². The van der Waals surface area contributed by atoms with Gasteiger partial charge >= 0.3 is 0 Å². The van der Waals surface area contributed by atoms with E-state index in [9.17, 15) is 8.42 Å². The van der Waals surface area contributed by atoms with Gasteiger partial charge in [0, 0.05) is 16.4 Å². The van der Waals surface area contributed by atoms with Gasteiger partial charge in [-0.15, -0.1) is 11.3 Å². The largest absolute Gasteiger partial charge is 0.319 e. The zero-order valence-corrected chi connectivity index (χ0v) is 14.0. The SMILES string of the molecule is CNCCc1ccc(S(=O)(=O)NCc2cccc(Cl)c2)s1. The molecule has 2 rings (SSSR count). The van der Waals surface area contributed by atoms with Crippen molar-refractivity contribution in [1.29, 1.82) is 0 Å². The summed E-state index contributed by atoms with van der Waals surface area (Å²) < 4.78 is 27.4. The van der Waals surface area contributed by atoms with Gasteiger partial charge in [0.15, 0.2) is 0 Å². The molecule has 0 amide bonds. The molecular weight excluding hydrogens is 328 g/mol. The van der Waals surface area contributed by atoms with E-state index in [0.29, 0.717) is 9.23 Å². The molecule has 0 atom stereocenters. The molecule has 2 aromatic rings. The Hall–Kier alpha value is -0.920. The lowest BCUT2D eigenvalue weighted by Crippen LogP contribution is -2.22. The maximum atomic E-state index is 12.2. The van der Waals surface area contributed by atoms with Crippen LogP contribution in [0.25, 0.3) is 0 Å². The number of hydrogen-bond donors (Lipinski definition) is 2. The molecule has 0 unspecified atom stereocenters. The fraction of sp³-hybridized carbons (Fsp3) is 0.286. The smallest absolute Gasteiger partial charge is 0.250 e. The third kappa shape index (κ3) is 4.79. The Morgan fingerprint density at radius 3 is 2.76 bits per heavy atom. The van der Waals surface area contributed by atoms with Gasteiger partial charge in [0.1, 0.15) is 4.21 Å². The van der Waals surface area contributed by atoms with Crippen LogP contribution in [0.1, 0.15) is 10.4 Å². The highest BCUT2D eigenvalue weighted by atomic mass is 35.5. The number of nitrogens with one attached hydrogen (secondary N) is 2. The molecule has 1 heterocycles. The maximum Gasteiger partial charge on any atom is 0.250 e. The Balaban J connectivity index is 2.02. The second-order valence-electron chi connectivity index (χ2n) is 4.53. The molecule has 2 N–H and O–H groups in total. The van der Waals surface area contributed by atoms with Crippen LogP contribution in [-0.2, 0) is 23.0 Å². The van der Waals surface area contributed by atoms with Gasteiger partial charge in [0.25, 0.3) is 0 Å². The number of halogens is 1. The molecule has 0 saturated carbocycles. The highest BCUT2D eigenvalue weighted by molar-refractivity contribution is 7.91. The van der Waals surface area contributed by atoms with Gasteiger partial charge in [-0.1, -0.05) is 23.7 Å². The lowest BCUT2D eigenvalue weighted by molar-refractivity contribution is 0.583. The quantitative estimate of drug-likeness (QED) is 0.811. The summed E-state index contributed by atoms with van der Waals surface area (Å²) in [6.45, 7) is 1.06. The van der Waals surface area contributed by atoms with E-state index in [-0.39, 0.29) is 6.54 Å². The van der Waals surface area contributed by atoms with Crippen LogP contribution >= 0.6 is 22.9 Å². The summed E-state index contributed by atoms with van der Waals surface area (Å²) in [4.78, 5) is 1.05. The fourth-order valence-electron chi connectivity index (χ4n) is 1.78. The standard InChI is InChI=1S/C14H17ClN2O2S2/c1-16-8-7-13-5-6-14(20-13)21(18,19)17-10-11-3-2-4-12(15)9-11/h2-6,9,16-17H,7-8,10H2,1H3. The molecule has 0 aliphatic rings. The van der Waals surface area contributed by atoms with E-state index in [1.807, 2.05) is 19.2 Å². The third-order valence-electron chi connectivity index (χ3n) is 2.88. The van der Waals surface area contributed by atoms with Gasteiger partial charge in [-0.05, 0) is 49.8 Å². The first-order valence-corrected chi connectivity index (χ1v) is 9.16. The second-order valence-corrected chi connectivity index (χ2v) is 8.13. The fourth-order valence-corrected chi connectivity index (χ4v) is 4.41. The first-order chi connectivity index (χ1) is 10.0. The van der Waals surface area contributed by atoms with Gasteiger partial charge in [-0.2, -0.15) is 0 Å². The van der Waals surface area contributed by atoms with Gasteiger partial charge in [-0.3, -0.25) is 0 Å². The van der Waals surface area contributed by atoms with Crippen LogP contribution in [0.3, 0.4) is 0 Å². The second kappa shape index (κ2) is 7.38. The third-order valence-corrected chi connectivity index (χ3v) is 6.15. The van der Waals surface area contributed by atoms with Crippen molar-refractivity contribution in [3.8, 4) is 0 Å². The van der Waals surface area contributed by atoms with E-state index in [2.05, 4.69) is 10.0 Å². The van der Waals surface area contributed by atoms with E-state index < -0.39 is 10.0 Å². The monoisotopic (exact) mass is 344 g/mol. The normalized spacial score (nSPS) is 11.7. The zero-order chi connectivity index (χ0) is 15.3. The lowest BCUT2D eigenvalue weighted by atomic mass is 10.2. The van der Waals surface area contributed by atoms with Crippen LogP contribution in [0.5, 0.6) is 0 Å². The van der Waals surface area contributed by atoms with Crippen molar-refractivity contribution in [3.05, 3.63) is 51.9 Å². The van der Waals surface area contributed by atoms with E-state index in [4.69, 9.17) is 11.6 Å². The van der Waals surface area contributed by atoms with Crippen molar-refractivity contribution in [2.45, 2.75) is 17.2 Å². The minimum Gasteiger partial charge on any atom is -0.319 e. The number of sulfonamides is 1. The first kappa shape index (κ1) is 16.5. The predicted octanol–water partition coefficient (Wildman–Crippen LogP) is 2.64. The summed E-state index contributed by atoms with van der Waals surface area (Å²) in [5.41, 5.74) is 0.832. The summed E-state index contributed by atoms with van der Waals surface area (Å²) in [5, 5.41) is 3.64. The van der Waals surface area contributed by atoms with Crippen LogP contribution in [0.4, 0.5) is 0 Å². The van der Waals surface area contributed by atoms with Crippen molar-refractivity contribution >= 4 is 33.0 Å². The summed E-state index contributed by atoms with van der Waals surface area (Å²) in [7, 11) is -1.60. The molecule has 0 aliphatic heterocycles. The van der Waals surface area contributed by atoms with Crippen molar-refractivity contribution < 1.29 is 8.42 Å². The van der Waals surface area contributed by atoms with Crippen LogP contribution in [0.15, 0.2) is 40.6 Å². The minimum atomic E-state index is -3.47. The molecule has 114 valence electrons. The van der Waals surface area contributed by atoms with Crippen molar-refractivity contribution in [2.24, 2.45) is 0 Å². The summed E-state index contributed by atoms with van der Waals surface area (Å²) >= 11 is 7.18. The molecule has 21 heavy (non-hydrogen) atoms. The summed E-state index contributed by atoms with van der Waals surface area (Å²) in [6.07, 6.45) is 0.824. The number of thiophene rings is 1. The Bertz CT molecular complexity index is 699. The van der Waals surface area contributed by atoms with Crippen molar-refractivity contribution in [2.75, 3.05) is 13.6 Å². The average molecular weight is 345 g/mol. The molecule has 0 saturated heterocycles. The number of benzene rings is 1. The summed E-state index contributed by atoms with van der Waals surface area (Å²) in [5.74, 6) is 0. The molecule has 1 aromatic heterocycles. The highest BCUT2D eigenvalue weighted by Crippen LogP contribution is 2.22. The van der Waals surface area contributed by atoms with Crippen LogP contribution < -0.4 is 10.0 Å². The van der Waals surface area contributed by atoms with Crippen LogP contribution in [-0.4, -0.2) is 22.0 Å². The number of likely N-dealkylation sites (N-methyl/N-ethyl adjacent to an activating group) is 1. The Morgan fingerprint density at radius 2 is 2.05 bits per heavy atom. The van der Waals surface area contributed by atoms with Gasteiger partial charge in [0.2, 0.25) is 10.0 Å². The maximum absolute atomic E-state index is 12.2.